The van der Waals surface area contributed by atoms with E-state index < -0.39 is 5.91 Å². The van der Waals surface area contributed by atoms with Gasteiger partial charge in [0.25, 0.3) is 0 Å². The highest BCUT2D eigenvalue weighted by Crippen LogP contribution is 2.12. The molecule has 0 aliphatic heterocycles. The molecule has 1 aromatic heterocycles. The summed E-state index contributed by atoms with van der Waals surface area (Å²) in [6.45, 7) is 1.76. The summed E-state index contributed by atoms with van der Waals surface area (Å²) in [5, 5.41) is 2.71. The van der Waals surface area contributed by atoms with Crippen LogP contribution >= 0.6 is 0 Å². The van der Waals surface area contributed by atoms with Crippen LogP contribution in [-0.2, 0) is 17.9 Å². The number of hydrogen-bond acceptors (Lipinski definition) is 4. The number of anilines is 1. The molecule has 8 heteroatoms. The fourth-order valence-electron chi connectivity index (χ4n) is 2.74. The van der Waals surface area contributed by atoms with E-state index in [4.69, 9.17) is 10.5 Å². The first-order valence-corrected chi connectivity index (χ1v) is 9.10. The summed E-state index contributed by atoms with van der Waals surface area (Å²) in [6, 6.07) is 13.3. The van der Waals surface area contributed by atoms with E-state index in [1.54, 1.807) is 35.8 Å². The van der Waals surface area contributed by atoms with Gasteiger partial charge in [-0.3, -0.25) is 14.4 Å². The fraction of sp³-hybridized carbons (Fsp3) is 0.136. The fourth-order valence-corrected chi connectivity index (χ4v) is 2.74. The van der Waals surface area contributed by atoms with Crippen molar-refractivity contribution < 1.29 is 18.7 Å². The zero-order chi connectivity index (χ0) is 21.7. The molecule has 0 bridgehead atoms. The monoisotopic (exact) mass is 409 g/mol. The van der Waals surface area contributed by atoms with E-state index in [1.165, 1.54) is 36.5 Å². The molecule has 7 nitrogen and oxygen atoms in total. The second kappa shape index (κ2) is 9.04. The summed E-state index contributed by atoms with van der Waals surface area (Å²) in [4.78, 5) is 35.7. The zero-order valence-corrected chi connectivity index (χ0v) is 16.2. The Morgan fingerprint density at radius 1 is 1.10 bits per heavy atom. The van der Waals surface area contributed by atoms with Gasteiger partial charge in [0, 0.05) is 23.0 Å². The number of pyridine rings is 1. The Labute approximate surface area is 171 Å². The first-order chi connectivity index (χ1) is 14.3. The Morgan fingerprint density at radius 3 is 2.40 bits per heavy atom. The van der Waals surface area contributed by atoms with Crippen LogP contribution in [-0.4, -0.2) is 16.4 Å². The molecule has 2 amide bonds. The Bertz CT molecular complexity index is 1120. The van der Waals surface area contributed by atoms with Gasteiger partial charge >= 0.3 is 0 Å². The number of carbonyl (C=O) groups is 2. The average Bonchev–Trinajstić information content (AvgIpc) is 2.70. The second-order valence-corrected chi connectivity index (χ2v) is 6.68. The van der Waals surface area contributed by atoms with Gasteiger partial charge in [-0.15, -0.1) is 0 Å². The number of ether oxygens (including phenoxy) is 1. The number of carbonyl (C=O) groups excluding carboxylic acids is 2. The van der Waals surface area contributed by atoms with Crippen molar-refractivity contribution in [3.63, 3.8) is 0 Å². The molecule has 0 radical (unpaired) electrons. The van der Waals surface area contributed by atoms with Crippen LogP contribution in [0.4, 0.5) is 10.1 Å². The van der Waals surface area contributed by atoms with Gasteiger partial charge in [0.15, 0.2) is 5.75 Å². The minimum Gasteiger partial charge on any atom is -0.483 e. The number of primary amides is 1. The second-order valence-electron chi connectivity index (χ2n) is 6.68. The quantitative estimate of drug-likeness (QED) is 0.626. The van der Waals surface area contributed by atoms with Crippen molar-refractivity contribution >= 4 is 17.5 Å². The molecule has 0 saturated heterocycles. The molecule has 0 saturated carbocycles. The molecule has 3 aromatic rings. The largest absolute Gasteiger partial charge is 0.483 e. The summed E-state index contributed by atoms with van der Waals surface area (Å²) in [5.74, 6) is -1.14. The number of aryl methyl sites for hydroxylation is 1. The molecular formula is C22H20FN3O4. The van der Waals surface area contributed by atoms with E-state index in [2.05, 4.69) is 5.32 Å². The summed E-state index contributed by atoms with van der Waals surface area (Å²) in [6.07, 6.45) is 1.47. The van der Waals surface area contributed by atoms with Crippen molar-refractivity contribution in [3.8, 4) is 5.75 Å². The lowest BCUT2D eigenvalue weighted by Crippen LogP contribution is -2.22. The summed E-state index contributed by atoms with van der Waals surface area (Å²) in [7, 11) is 0. The molecule has 2 aromatic carbocycles. The van der Waals surface area contributed by atoms with E-state index in [-0.39, 0.29) is 36.1 Å². The van der Waals surface area contributed by atoms with Gasteiger partial charge in [-0.1, -0.05) is 12.1 Å². The molecule has 30 heavy (non-hydrogen) atoms. The maximum Gasteiger partial charge on any atom is 0.248 e. The minimum absolute atomic E-state index is 0.0450. The molecule has 0 atom stereocenters. The summed E-state index contributed by atoms with van der Waals surface area (Å²) in [5.41, 5.74) is 7.03. The molecule has 154 valence electrons. The number of aromatic nitrogens is 1. The predicted octanol–water partition coefficient (Wildman–Crippen LogP) is 2.61. The number of hydrogen-bond donors (Lipinski definition) is 2. The lowest BCUT2D eigenvalue weighted by molar-refractivity contribution is -0.116. The van der Waals surface area contributed by atoms with E-state index in [0.29, 0.717) is 22.5 Å². The highest BCUT2D eigenvalue weighted by molar-refractivity contribution is 5.94. The van der Waals surface area contributed by atoms with Crippen molar-refractivity contribution in [2.75, 3.05) is 5.32 Å². The van der Waals surface area contributed by atoms with Crippen molar-refractivity contribution in [1.29, 1.82) is 0 Å². The Balaban J connectivity index is 1.68. The third kappa shape index (κ3) is 5.32. The first kappa shape index (κ1) is 20.8. The van der Waals surface area contributed by atoms with Crippen LogP contribution in [0.2, 0.25) is 0 Å². The van der Waals surface area contributed by atoms with Gasteiger partial charge < -0.3 is 20.4 Å². The number of nitrogens with two attached hydrogens (primary N) is 1. The van der Waals surface area contributed by atoms with Gasteiger partial charge in [-0.05, 0) is 48.9 Å². The Morgan fingerprint density at radius 2 is 1.77 bits per heavy atom. The maximum absolute atomic E-state index is 13.0. The third-order valence-electron chi connectivity index (χ3n) is 4.38. The summed E-state index contributed by atoms with van der Waals surface area (Å²) >= 11 is 0. The highest BCUT2D eigenvalue weighted by Gasteiger charge is 2.10. The molecule has 1 heterocycles. The van der Waals surface area contributed by atoms with E-state index >= 15 is 0 Å². The van der Waals surface area contributed by atoms with Crippen LogP contribution in [0.5, 0.6) is 5.75 Å². The van der Waals surface area contributed by atoms with E-state index in [0.717, 1.165) is 0 Å². The third-order valence-corrected chi connectivity index (χ3v) is 4.38. The van der Waals surface area contributed by atoms with Gasteiger partial charge in [0.1, 0.15) is 19.0 Å². The van der Waals surface area contributed by atoms with Crippen LogP contribution in [0.1, 0.15) is 21.6 Å². The molecule has 0 unspecified atom stereocenters. The van der Waals surface area contributed by atoms with Crippen molar-refractivity contribution in [2.24, 2.45) is 5.73 Å². The van der Waals surface area contributed by atoms with Crippen LogP contribution in [0.3, 0.4) is 0 Å². The SMILES string of the molecule is Cc1cc(=O)c(OCc2ccc(F)cc2)cn1CC(=O)Nc1ccc(C(N)=O)cc1. The zero-order valence-electron chi connectivity index (χ0n) is 16.2. The normalized spacial score (nSPS) is 10.5. The van der Waals surface area contributed by atoms with Crippen molar-refractivity contribution in [1.82, 2.24) is 4.57 Å². The topological polar surface area (TPSA) is 103 Å². The molecule has 0 aliphatic carbocycles. The average molecular weight is 409 g/mol. The van der Waals surface area contributed by atoms with Crippen LogP contribution in [0, 0.1) is 12.7 Å². The molecule has 0 spiro atoms. The molecule has 0 aliphatic rings. The number of rotatable bonds is 7. The number of benzene rings is 2. The van der Waals surface area contributed by atoms with Crippen molar-refractivity contribution in [3.05, 3.63) is 93.7 Å². The van der Waals surface area contributed by atoms with Crippen molar-refractivity contribution in [2.45, 2.75) is 20.1 Å². The highest BCUT2D eigenvalue weighted by atomic mass is 19.1. The van der Waals surface area contributed by atoms with Crippen LogP contribution in [0.15, 0.2) is 65.6 Å². The van der Waals surface area contributed by atoms with E-state index in [9.17, 15) is 18.8 Å². The van der Waals surface area contributed by atoms with E-state index in [1.807, 2.05) is 0 Å². The number of amides is 2. The molecule has 3 rings (SSSR count). The van der Waals surface area contributed by atoms with Gasteiger partial charge in [-0.2, -0.15) is 0 Å². The van der Waals surface area contributed by atoms with Crippen LogP contribution in [0.25, 0.3) is 0 Å². The smallest absolute Gasteiger partial charge is 0.248 e. The van der Waals surface area contributed by atoms with Gasteiger partial charge in [0.2, 0.25) is 17.2 Å². The van der Waals surface area contributed by atoms with Crippen LogP contribution < -0.4 is 21.2 Å². The first-order valence-electron chi connectivity index (χ1n) is 9.10. The Kier molecular flexibility index (Phi) is 6.26. The standard InChI is InChI=1S/C22H20FN3O4/c1-14-10-19(27)20(30-13-15-2-6-17(23)7-3-15)11-26(14)12-21(28)25-18-8-4-16(5-9-18)22(24)29/h2-11H,12-13H2,1H3,(H2,24,29)(H,25,28). The van der Waals surface area contributed by atoms with Gasteiger partial charge in [-0.25, -0.2) is 4.39 Å². The molecular weight excluding hydrogens is 389 g/mol. The number of nitrogens with one attached hydrogen (secondary N) is 1. The summed E-state index contributed by atoms with van der Waals surface area (Å²) < 4.78 is 20.1. The molecule has 0 fully saturated rings. The lowest BCUT2D eigenvalue weighted by atomic mass is 10.2. The molecule has 3 N–H and O–H groups in total. The number of nitrogens with zero attached hydrogens (tertiary/aromatic N) is 1. The minimum atomic E-state index is -0.551. The predicted molar refractivity (Wildman–Crippen MR) is 110 cm³/mol. The number of halogens is 1. The van der Waals surface area contributed by atoms with Gasteiger partial charge in [0.05, 0.1) is 6.20 Å². The maximum atomic E-state index is 13.0. The Hall–Kier alpha value is -3.94. The lowest BCUT2D eigenvalue weighted by Gasteiger charge is -2.13.